The molecule has 0 atom stereocenters. The molecule has 0 amide bonds. The van der Waals surface area contributed by atoms with Crippen molar-refractivity contribution >= 4 is 29.9 Å². The van der Waals surface area contributed by atoms with Crippen molar-refractivity contribution in [3.05, 3.63) is 35.7 Å². The van der Waals surface area contributed by atoms with Crippen LogP contribution >= 0.6 is 24.0 Å². The van der Waals surface area contributed by atoms with Gasteiger partial charge in [0.2, 0.25) is 5.75 Å². The SMILES string of the molecule is CN=C(NCc1cc(OC)c(OC)c(OC)c1)NCc1ccon1.I. The van der Waals surface area contributed by atoms with E-state index in [1.54, 1.807) is 34.4 Å². The van der Waals surface area contributed by atoms with Crippen molar-refractivity contribution in [2.75, 3.05) is 28.4 Å². The second-order valence-corrected chi connectivity index (χ2v) is 4.80. The molecule has 0 saturated carbocycles. The minimum absolute atomic E-state index is 0. The number of aliphatic imine (C=N–C) groups is 1. The van der Waals surface area contributed by atoms with Gasteiger partial charge in [0.15, 0.2) is 17.5 Å². The Bertz CT molecular complexity index is 652. The van der Waals surface area contributed by atoms with E-state index in [2.05, 4.69) is 20.8 Å². The quantitative estimate of drug-likeness (QED) is 0.371. The van der Waals surface area contributed by atoms with E-state index in [1.165, 1.54) is 6.26 Å². The van der Waals surface area contributed by atoms with E-state index in [9.17, 15) is 0 Å². The normalized spacial score (nSPS) is 10.6. The lowest BCUT2D eigenvalue weighted by Gasteiger charge is -2.15. The molecule has 0 spiro atoms. The zero-order valence-corrected chi connectivity index (χ0v) is 17.0. The summed E-state index contributed by atoms with van der Waals surface area (Å²) in [4.78, 5) is 4.17. The molecule has 0 bridgehead atoms. The van der Waals surface area contributed by atoms with Gasteiger partial charge in [-0.25, -0.2) is 0 Å². The third kappa shape index (κ3) is 5.69. The van der Waals surface area contributed by atoms with Crippen molar-refractivity contribution in [2.24, 2.45) is 4.99 Å². The Morgan fingerprint density at radius 2 is 1.72 bits per heavy atom. The number of aromatic nitrogens is 1. The van der Waals surface area contributed by atoms with Crippen LogP contribution in [-0.4, -0.2) is 39.5 Å². The topological polar surface area (TPSA) is 90.1 Å². The number of hydrogen-bond acceptors (Lipinski definition) is 6. The van der Waals surface area contributed by atoms with E-state index in [1.807, 2.05) is 12.1 Å². The zero-order chi connectivity index (χ0) is 17.4. The van der Waals surface area contributed by atoms with E-state index in [0.29, 0.717) is 36.3 Å². The van der Waals surface area contributed by atoms with Gasteiger partial charge in [0, 0.05) is 19.7 Å². The van der Waals surface area contributed by atoms with Crippen LogP contribution in [0.15, 0.2) is 34.0 Å². The van der Waals surface area contributed by atoms with Crippen LogP contribution in [0.4, 0.5) is 0 Å². The lowest BCUT2D eigenvalue weighted by Crippen LogP contribution is -2.36. The second-order valence-electron chi connectivity index (χ2n) is 4.80. The molecule has 0 aliphatic rings. The first-order valence-electron chi connectivity index (χ1n) is 7.34. The third-order valence-electron chi connectivity index (χ3n) is 3.34. The highest BCUT2D eigenvalue weighted by Gasteiger charge is 2.13. The van der Waals surface area contributed by atoms with Gasteiger partial charge in [-0.05, 0) is 17.7 Å². The molecule has 0 aliphatic heterocycles. The van der Waals surface area contributed by atoms with Gasteiger partial charge in [-0.1, -0.05) is 5.16 Å². The Balaban J connectivity index is 0.00000312. The van der Waals surface area contributed by atoms with Gasteiger partial charge in [0.25, 0.3) is 0 Å². The summed E-state index contributed by atoms with van der Waals surface area (Å²) >= 11 is 0. The maximum absolute atomic E-state index is 5.35. The monoisotopic (exact) mass is 462 g/mol. The molecule has 1 heterocycles. The average molecular weight is 462 g/mol. The van der Waals surface area contributed by atoms with E-state index >= 15 is 0 Å². The summed E-state index contributed by atoms with van der Waals surface area (Å²) < 4.78 is 20.8. The fraction of sp³-hybridized carbons (Fsp3) is 0.375. The van der Waals surface area contributed by atoms with E-state index in [-0.39, 0.29) is 24.0 Å². The van der Waals surface area contributed by atoms with Crippen molar-refractivity contribution in [1.82, 2.24) is 15.8 Å². The molecular formula is C16H23IN4O4. The van der Waals surface area contributed by atoms with E-state index in [4.69, 9.17) is 18.7 Å². The van der Waals surface area contributed by atoms with Crippen molar-refractivity contribution in [2.45, 2.75) is 13.1 Å². The van der Waals surface area contributed by atoms with Gasteiger partial charge in [-0.3, -0.25) is 4.99 Å². The standard InChI is InChI=1S/C16H22N4O4.HI/c1-17-16(19-10-12-5-6-24-20-12)18-9-11-7-13(21-2)15(23-4)14(8-11)22-3;/h5-8H,9-10H2,1-4H3,(H2,17,18,19);1H. The lowest BCUT2D eigenvalue weighted by atomic mass is 10.2. The third-order valence-corrected chi connectivity index (χ3v) is 3.34. The molecular weight excluding hydrogens is 439 g/mol. The molecule has 1 aromatic heterocycles. The summed E-state index contributed by atoms with van der Waals surface area (Å²) in [7, 11) is 6.46. The Labute approximate surface area is 163 Å². The number of nitrogens with one attached hydrogen (secondary N) is 2. The van der Waals surface area contributed by atoms with Gasteiger partial charge < -0.3 is 29.4 Å². The molecule has 25 heavy (non-hydrogen) atoms. The number of hydrogen-bond donors (Lipinski definition) is 2. The maximum atomic E-state index is 5.35. The summed E-state index contributed by atoms with van der Waals surface area (Å²) in [5.74, 6) is 2.43. The fourth-order valence-electron chi connectivity index (χ4n) is 2.15. The molecule has 0 fully saturated rings. The molecule has 2 aromatic rings. The highest BCUT2D eigenvalue weighted by molar-refractivity contribution is 14.0. The summed E-state index contributed by atoms with van der Waals surface area (Å²) in [5, 5.41) is 10.2. The van der Waals surface area contributed by atoms with Crippen molar-refractivity contribution in [3.63, 3.8) is 0 Å². The number of rotatable bonds is 7. The van der Waals surface area contributed by atoms with Gasteiger partial charge in [-0.15, -0.1) is 24.0 Å². The van der Waals surface area contributed by atoms with Crippen LogP contribution in [0.5, 0.6) is 17.2 Å². The largest absolute Gasteiger partial charge is 0.493 e. The molecule has 8 nitrogen and oxygen atoms in total. The van der Waals surface area contributed by atoms with Crippen LogP contribution in [0.2, 0.25) is 0 Å². The molecule has 0 radical (unpaired) electrons. The molecule has 0 unspecified atom stereocenters. The van der Waals surface area contributed by atoms with Crippen LogP contribution in [0.25, 0.3) is 0 Å². The minimum Gasteiger partial charge on any atom is -0.493 e. The van der Waals surface area contributed by atoms with E-state index in [0.717, 1.165) is 11.3 Å². The predicted octanol–water partition coefficient (Wildman–Crippen LogP) is 2.18. The van der Waals surface area contributed by atoms with Crippen molar-refractivity contribution in [3.8, 4) is 17.2 Å². The summed E-state index contributed by atoms with van der Waals surface area (Å²) in [6, 6.07) is 5.57. The highest BCUT2D eigenvalue weighted by atomic mass is 127. The Morgan fingerprint density at radius 3 is 2.20 bits per heavy atom. The van der Waals surface area contributed by atoms with Crippen LogP contribution in [0, 0.1) is 0 Å². The number of benzene rings is 1. The molecule has 9 heteroatoms. The van der Waals surface area contributed by atoms with Crippen LogP contribution in [0.3, 0.4) is 0 Å². The smallest absolute Gasteiger partial charge is 0.203 e. The van der Waals surface area contributed by atoms with Crippen molar-refractivity contribution in [1.29, 1.82) is 0 Å². The van der Waals surface area contributed by atoms with Crippen LogP contribution in [-0.2, 0) is 13.1 Å². The summed E-state index contributed by atoms with van der Waals surface area (Å²) in [6.07, 6.45) is 1.53. The first kappa shape index (κ1) is 20.9. The van der Waals surface area contributed by atoms with Gasteiger partial charge >= 0.3 is 0 Å². The van der Waals surface area contributed by atoms with Crippen LogP contribution < -0.4 is 24.8 Å². The molecule has 2 rings (SSSR count). The Kier molecular flexibility index (Phi) is 8.89. The summed E-state index contributed by atoms with van der Waals surface area (Å²) in [5.41, 5.74) is 1.76. The Hall–Kier alpha value is -2.17. The van der Waals surface area contributed by atoms with Crippen molar-refractivity contribution < 1.29 is 18.7 Å². The molecule has 138 valence electrons. The number of ether oxygens (including phenoxy) is 3. The zero-order valence-electron chi connectivity index (χ0n) is 14.7. The molecule has 0 saturated heterocycles. The number of nitrogens with zero attached hydrogens (tertiary/aromatic N) is 2. The number of guanidine groups is 1. The average Bonchev–Trinajstić information content (AvgIpc) is 3.14. The first-order valence-corrected chi connectivity index (χ1v) is 7.34. The maximum Gasteiger partial charge on any atom is 0.203 e. The van der Waals surface area contributed by atoms with Gasteiger partial charge in [0.1, 0.15) is 12.0 Å². The number of halogens is 1. The highest BCUT2D eigenvalue weighted by Crippen LogP contribution is 2.38. The first-order chi connectivity index (χ1) is 11.7. The minimum atomic E-state index is 0. The second kappa shape index (κ2) is 10.6. The van der Waals surface area contributed by atoms with Crippen LogP contribution in [0.1, 0.15) is 11.3 Å². The predicted molar refractivity (Wildman–Crippen MR) is 105 cm³/mol. The Morgan fingerprint density at radius 1 is 1.08 bits per heavy atom. The van der Waals surface area contributed by atoms with Gasteiger partial charge in [-0.2, -0.15) is 0 Å². The number of methoxy groups -OCH3 is 3. The molecule has 0 aliphatic carbocycles. The fourth-order valence-corrected chi connectivity index (χ4v) is 2.15. The van der Waals surface area contributed by atoms with Gasteiger partial charge in [0.05, 0.1) is 27.9 Å². The molecule has 1 aromatic carbocycles. The molecule has 2 N–H and O–H groups in total. The summed E-state index contributed by atoms with van der Waals surface area (Å²) in [6.45, 7) is 1.06. The lowest BCUT2D eigenvalue weighted by molar-refractivity contribution is 0.323. The van der Waals surface area contributed by atoms with E-state index < -0.39 is 0 Å².